The number of nitrogens with zero attached hydrogens (tertiary/aromatic N) is 1. The summed E-state index contributed by atoms with van der Waals surface area (Å²) in [5.41, 5.74) is 1.21. The second-order valence-electron chi connectivity index (χ2n) is 5.98. The molecule has 1 aliphatic heterocycles. The molecule has 0 saturated carbocycles. The summed E-state index contributed by atoms with van der Waals surface area (Å²) in [6.07, 6.45) is 2.57. The molecule has 2 amide bonds. The summed E-state index contributed by atoms with van der Waals surface area (Å²) < 4.78 is 11.3. The molecule has 0 spiro atoms. The van der Waals surface area contributed by atoms with Gasteiger partial charge < -0.3 is 9.47 Å². The van der Waals surface area contributed by atoms with E-state index >= 15 is 0 Å². The first kappa shape index (κ1) is 20.3. The smallest absolute Gasteiger partial charge is 0.298 e. The fourth-order valence-electron chi connectivity index (χ4n) is 2.67. The van der Waals surface area contributed by atoms with Crippen LogP contribution in [0.5, 0.6) is 11.5 Å². The van der Waals surface area contributed by atoms with E-state index in [0.717, 1.165) is 28.6 Å². The van der Waals surface area contributed by atoms with Crippen molar-refractivity contribution in [2.75, 3.05) is 18.1 Å². The summed E-state index contributed by atoms with van der Waals surface area (Å²) in [6.45, 7) is 5.02. The molecule has 3 rings (SSSR count). The van der Waals surface area contributed by atoms with Crippen LogP contribution < -0.4 is 14.4 Å². The number of halogens is 1. The van der Waals surface area contributed by atoms with E-state index in [9.17, 15) is 9.59 Å². The lowest BCUT2D eigenvalue weighted by molar-refractivity contribution is -0.113. The molecule has 0 atom stereocenters. The Morgan fingerprint density at radius 2 is 1.89 bits per heavy atom. The molecule has 0 aromatic heterocycles. The Morgan fingerprint density at radius 1 is 1.07 bits per heavy atom. The quantitative estimate of drug-likeness (QED) is 0.535. The van der Waals surface area contributed by atoms with E-state index in [1.54, 1.807) is 30.3 Å². The standard InChI is InChI=1S/C21H20ClNO4S/c1-3-10-27-17-9-8-14(11-18(17)26-4-2)12-19-20(24)23(21(25)28-19)16-7-5-6-15(22)13-16/h5-9,11-13H,3-4,10H2,1-2H3/b19-12+. The number of carbonyl (C=O) groups excluding carboxylic acids is 2. The van der Waals surface area contributed by atoms with Gasteiger partial charge in [-0.25, -0.2) is 4.90 Å². The Bertz CT molecular complexity index is 928. The molecule has 7 heteroatoms. The number of hydrogen-bond acceptors (Lipinski definition) is 5. The zero-order chi connectivity index (χ0) is 20.1. The third-order valence-electron chi connectivity index (χ3n) is 3.89. The number of ether oxygens (including phenoxy) is 2. The maximum Gasteiger partial charge on any atom is 0.298 e. The third kappa shape index (κ3) is 4.51. The van der Waals surface area contributed by atoms with Crippen molar-refractivity contribution < 1.29 is 19.1 Å². The molecule has 1 fully saturated rings. The van der Waals surface area contributed by atoms with Crippen molar-refractivity contribution >= 4 is 46.3 Å². The summed E-state index contributed by atoms with van der Waals surface area (Å²) >= 11 is 6.88. The Kier molecular flexibility index (Phi) is 6.65. The van der Waals surface area contributed by atoms with E-state index in [2.05, 4.69) is 0 Å². The fraction of sp³-hybridized carbons (Fsp3) is 0.238. The van der Waals surface area contributed by atoms with Crippen LogP contribution in [0.1, 0.15) is 25.8 Å². The van der Waals surface area contributed by atoms with Crippen LogP contribution >= 0.6 is 23.4 Å². The highest BCUT2D eigenvalue weighted by molar-refractivity contribution is 8.19. The highest BCUT2D eigenvalue weighted by Crippen LogP contribution is 2.37. The SMILES string of the molecule is CCCOc1ccc(/C=C2/SC(=O)N(c3cccc(Cl)c3)C2=O)cc1OCC. The monoisotopic (exact) mass is 417 g/mol. The molecule has 1 aliphatic rings. The number of carbonyl (C=O) groups is 2. The zero-order valence-corrected chi connectivity index (χ0v) is 17.2. The van der Waals surface area contributed by atoms with Crippen molar-refractivity contribution in [3.63, 3.8) is 0 Å². The summed E-state index contributed by atoms with van der Waals surface area (Å²) in [5, 5.41) is 0.107. The molecule has 1 heterocycles. The minimum Gasteiger partial charge on any atom is -0.490 e. The molecule has 146 valence electrons. The fourth-order valence-corrected chi connectivity index (χ4v) is 3.70. The van der Waals surface area contributed by atoms with Gasteiger partial charge in [0, 0.05) is 5.02 Å². The number of thioether (sulfide) groups is 1. The van der Waals surface area contributed by atoms with Crippen molar-refractivity contribution in [2.45, 2.75) is 20.3 Å². The number of rotatable bonds is 7. The van der Waals surface area contributed by atoms with Crippen LogP contribution in [0.15, 0.2) is 47.4 Å². The molecule has 0 bridgehead atoms. The lowest BCUT2D eigenvalue weighted by Gasteiger charge is -2.13. The second kappa shape index (κ2) is 9.17. The predicted octanol–water partition coefficient (Wildman–Crippen LogP) is 5.77. The zero-order valence-electron chi connectivity index (χ0n) is 15.6. The van der Waals surface area contributed by atoms with Gasteiger partial charge in [-0.1, -0.05) is 30.7 Å². The van der Waals surface area contributed by atoms with Gasteiger partial charge in [0.05, 0.1) is 23.8 Å². The van der Waals surface area contributed by atoms with Crippen LogP contribution in [-0.2, 0) is 4.79 Å². The van der Waals surface area contributed by atoms with E-state index in [1.165, 1.54) is 0 Å². The van der Waals surface area contributed by atoms with Crippen LogP contribution in [0.4, 0.5) is 10.5 Å². The highest BCUT2D eigenvalue weighted by atomic mass is 35.5. The number of amides is 2. The minimum absolute atomic E-state index is 0.342. The third-order valence-corrected chi connectivity index (χ3v) is 4.99. The van der Waals surface area contributed by atoms with Gasteiger partial charge in [-0.2, -0.15) is 0 Å². The average Bonchev–Trinajstić information content (AvgIpc) is 2.94. The van der Waals surface area contributed by atoms with Crippen molar-refractivity contribution in [1.29, 1.82) is 0 Å². The first-order chi connectivity index (χ1) is 13.5. The van der Waals surface area contributed by atoms with Gasteiger partial charge in [0.15, 0.2) is 11.5 Å². The first-order valence-electron chi connectivity index (χ1n) is 8.96. The Labute approximate surface area is 173 Å². The lowest BCUT2D eigenvalue weighted by atomic mass is 10.1. The highest BCUT2D eigenvalue weighted by Gasteiger charge is 2.36. The van der Waals surface area contributed by atoms with Gasteiger partial charge in [0.1, 0.15) is 0 Å². The van der Waals surface area contributed by atoms with Gasteiger partial charge in [-0.05, 0) is 67.1 Å². The molecule has 2 aromatic carbocycles. The normalized spacial score (nSPS) is 15.4. The molecular weight excluding hydrogens is 398 g/mol. The van der Waals surface area contributed by atoms with Crippen molar-refractivity contribution in [2.24, 2.45) is 0 Å². The van der Waals surface area contributed by atoms with Gasteiger partial charge >= 0.3 is 0 Å². The Balaban J connectivity index is 1.88. The summed E-state index contributed by atoms with van der Waals surface area (Å²) in [5.74, 6) is 0.896. The van der Waals surface area contributed by atoms with E-state index in [1.807, 2.05) is 32.0 Å². The molecule has 0 radical (unpaired) electrons. The topological polar surface area (TPSA) is 55.8 Å². The molecule has 28 heavy (non-hydrogen) atoms. The summed E-state index contributed by atoms with van der Waals surface area (Å²) in [6, 6.07) is 12.1. The van der Waals surface area contributed by atoms with Crippen LogP contribution in [0.3, 0.4) is 0 Å². The maximum atomic E-state index is 12.8. The molecule has 0 unspecified atom stereocenters. The van der Waals surface area contributed by atoms with Crippen LogP contribution in [0.2, 0.25) is 5.02 Å². The Hall–Kier alpha value is -2.44. The average molecular weight is 418 g/mol. The maximum absolute atomic E-state index is 12.8. The minimum atomic E-state index is -0.374. The van der Waals surface area contributed by atoms with Gasteiger partial charge in [0.2, 0.25) is 0 Å². The van der Waals surface area contributed by atoms with E-state index in [-0.39, 0.29) is 11.1 Å². The van der Waals surface area contributed by atoms with E-state index in [4.69, 9.17) is 21.1 Å². The number of hydrogen-bond donors (Lipinski definition) is 0. The largest absolute Gasteiger partial charge is 0.490 e. The molecule has 5 nitrogen and oxygen atoms in total. The van der Waals surface area contributed by atoms with E-state index < -0.39 is 0 Å². The number of benzene rings is 2. The predicted molar refractivity (Wildman–Crippen MR) is 113 cm³/mol. The van der Waals surface area contributed by atoms with Crippen LogP contribution in [-0.4, -0.2) is 24.4 Å². The van der Waals surface area contributed by atoms with Gasteiger partial charge in [0.25, 0.3) is 11.1 Å². The van der Waals surface area contributed by atoms with Gasteiger partial charge in [-0.3, -0.25) is 9.59 Å². The number of imide groups is 1. The molecule has 0 aliphatic carbocycles. The van der Waals surface area contributed by atoms with Crippen molar-refractivity contribution in [1.82, 2.24) is 0 Å². The second-order valence-corrected chi connectivity index (χ2v) is 7.41. The molecule has 1 saturated heterocycles. The van der Waals surface area contributed by atoms with Crippen LogP contribution in [0, 0.1) is 0 Å². The lowest BCUT2D eigenvalue weighted by Crippen LogP contribution is -2.27. The summed E-state index contributed by atoms with van der Waals surface area (Å²) in [7, 11) is 0. The first-order valence-corrected chi connectivity index (χ1v) is 10.2. The molecular formula is C21H20ClNO4S. The van der Waals surface area contributed by atoms with Crippen molar-refractivity contribution in [3.05, 3.63) is 58.0 Å². The molecule has 2 aromatic rings. The van der Waals surface area contributed by atoms with Gasteiger partial charge in [-0.15, -0.1) is 0 Å². The van der Waals surface area contributed by atoms with E-state index in [0.29, 0.717) is 40.3 Å². The molecule has 0 N–H and O–H groups in total. The van der Waals surface area contributed by atoms with Crippen LogP contribution in [0.25, 0.3) is 6.08 Å². The van der Waals surface area contributed by atoms with Crippen molar-refractivity contribution in [3.8, 4) is 11.5 Å². The Morgan fingerprint density at radius 3 is 2.61 bits per heavy atom. The number of anilines is 1. The summed E-state index contributed by atoms with van der Waals surface area (Å²) in [4.78, 5) is 26.6.